The molecule has 1 aromatic rings. The lowest BCUT2D eigenvalue weighted by Gasteiger charge is -2.37. The molecule has 1 amide bonds. The minimum absolute atomic E-state index is 0.127. The Hall–Kier alpha value is -1.47. The maximum Gasteiger partial charge on any atom is 0.243 e. The van der Waals surface area contributed by atoms with Crippen molar-refractivity contribution in [1.82, 2.24) is 24.8 Å². The first kappa shape index (κ1) is 16.9. The summed E-state index contributed by atoms with van der Waals surface area (Å²) in [5, 5.41) is 3.85. The van der Waals surface area contributed by atoms with Crippen molar-refractivity contribution in [3.8, 4) is 0 Å². The molecule has 7 nitrogen and oxygen atoms in total. The van der Waals surface area contributed by atoms with Crippen LogP contribution in [0.4, 0.5) is 0 Å². The van der Waals surface area contributed by atoms with E-state index in [0.29, 0.717) is 18.3 Å². The second-order valence-electron chi connectivity index (χ2n) is 5.73. The summed E-state index contributed by atoms with van der Waals surface area (Å²) in [6.45, 7) is 13.6. The number of amides is 1. The number of hydrogen-bond acceptors (Lipinski definition) is 6. The van der Waals surface area contributed by atoms with Crippen LogP contribution in [0.2, 0.25) is 0 Å². The second kappa shape index (κ2) is 7.69. The van der Waals surface area contributed by atoms with E-state index in [1.54, 1.807) is 0 Å². The Labute approximate surface area is 132 Å². The van der Waals surface area contributed by atoms with Crippen LogP contribution in [0.25, 0.3) is 0 Å². The van der Waals surface area contributed by atoms with Gasteiger partial charge in [0, 0.05) is 39.3 Å². The number of carbonyl (C=O) groups is 1. The normalized spacial score (nSPS) is 18.4. The van der Waals surface area contributed by atoms with Crippen LogP contribution in [0.3, 0.4) is 0 Å². The van der Waals surface area contributed by atoms with E-state index in [9.17, 15) is 4.79 Å². The number of aromatic nitrogens is 2. The second-order valence-corrected chi connectivity index (χ2v) is 5.73. The number of nitrogens with zero attached hydrogens (tertiary/aromatic N) is 5. The summed E-state index contributed by atoms with van der Waals surface area (Å²) in [5.41, 5.74) is 0. The summed E-state index contributed by atoms with van der Waals surface area (Å²) < 4.78 is 5.25. The monoisotopic (exact) mass is 309 g/mol. The van der Waals surface area contributed by atoms with Gasteiger partial charge >= 0.3 is 0 Å². The van der Waals surface area contributed by atoms with Crippen molar-refractivity contribution < 1.29 is 9.32 Å². The van der Waals surface area contributed by atoms with Crippen LogP contribution < -0.4 is 0 Å². The van der Waals surface area contributed by atoms with Gasteiger partial charge in [-0.3, -0.25) is 14.6 Å². The molecular weight excluding hydrogens is 282 g/mol. The zero-order chi connectivity index (χ0) is 16.1. The van der Waals surface area contributed by atoms with Gasteiger partial charge in [0.15, 0.2) is 5.82 Å². The molecule has 22 heavy (non-hydrogen) atoms. The van der Waals surface area contributed by atoms with Gasteiger partial charge in [0.05, 0.1) is 12.6 Å². The summed E-state index contributed by atoms with van der Waals surface area (Å²) in [5.74, 6) is 1.56. The molecule has 1 aliphatic rings. The first-order valence-electron chi connectivity index (χ1n) is 8.09. The number of piperazine rings is 1. The highest BCUT2D eigenvalue weighted by atomic mass is 16.5. The number of rotatable bonds is 6. The van der Waals surface area contributed by atoms with Crippen LogP contribution in [0, 0.1) is 6.92 Å². The molecule has 0 aliphatic carbocycles. The molecule has 1 fully saturated rings. The third-order valence-electron chi connectivity index (χ3n) is 4.33. The molecule has 1 aromatic heterocycles. The molecule has 0 saturated carbocycles. The van der Waals surface area contributed by atoms with Gasteiger partial charge in [-0.25, -0.2) is 0 Å². The molecule has 0 N–H and O–H groups in total. The Balaban J connectivity index is 1.81. The molecule has 0 bridgehead atoms. The van der Waals surface area contributed by atoms with Gasteiger partial charge in [-0.1, -0.05) is 5.16 Å². The summed E-state index contributed by atoms with van der Waals surface area (Å²) in [4.78, 5) is 22.9. The summed E-state index contributed by atoms with van der Waals surface area (Å²) in [6.07, 6.45) is 0. The van der Waals surface area contributed by atoms with Gasteiger partial charge in [0.2, 0.25) is 11.8 Å². The average molecular weight is 309 g/mol. The smallest absolute Gasteiger partial charge is 0.243 e. The highest BCUT2D eigenvalue weighted by Crippen LogP contribution is 2.19. The number of carbonyl (C=O) groups excluding carboxylic acids is 1. The molecule has 1 saturated heterocycles. The fourth-order valence-electron chi connectivity index (χ4n) is 2.82. The Bertz CT molecular complexity index is 478. The van der Waals surface area contributed by atoms with Gasteiger partial charge in [-0.15, -0.1) is 0 Å². The van der Waals surface area contributed by atoms with Gasteiger partial charge in [-0.05, 0) is 27.7 Å². The predicted octanol–water partition coefficient (Wildman–Crippen LogP) is 0.925. The Morgan fingerprint density at radius 3 is 2.41 bits per heavy atom. The van der Waals surface area contributed by atoms with Crippen LogP contribution in [-0.4, -0.2) is 76.6 Å². The first-order valence-corrected chi connectivity index (χ1v) is 8.09. The van der Waals surface area contributed by atoms with Crippen LogP contribution >= 0.6 is 0 Å². The highest BCUT2D eigenvalue weighted by molar-refractivity contribution is 5.78. The zero-order valence-corrected chi connectivity index (χ0v) is 14.1. The molecule has 124 valence electrons. The minimum atomic E-state index is 0.127. The van der Waals surface area contributed by atoms with Crippen molar-refractivity contribution in [3.63, 3.8) is 0 Å². The van der Waals surface area contributed by atoms with E-state index in [4.69, 9.17) is 4.52 Å². The van der Waals surface area contributed by atoms with E-state index < -0.39 is 0 Å². The molecule has 0 spiro atoms. The van der Waals surface area contributed by atoms with E-state index in [-0.39, 0.29) is 11.9 Å². The molecule has 2 rings (SSSR count). The number of likely N-dealkylation sites (N-methyl/N-ethyl adjacent to an activating group) is 1. The van der Waals surface area contributed by atoms with Crippen molar-refractivity contribution in [2.24, 2.45) is 0 Å². The van der Waals surface area contributed by atoms with Gasteiger partial charge < -0.3 is 9.42 Å². The zero-order valence-electron chi connectivity index (χ0n) is 14.1. The van der Waals surface area contributed by atoms with Crippen molar-refractivity contribution >= 4 is 5.91 Å². The lowest BCUT2D eigenvalue weighted by molar-refractivity contribution is -0.132. The van der Waals surface area contributed by atoms with E-state index in [2.05, 4.69) is 26.9 Å². The van der Waals surface area contributed by atoms with E-state index in [0.717, 1.165) is 39.3 Å². The quantitative estimate of drug-likeness (QED) is 0.779. The van der Waals surface area contributed by atoms with Crippen molar-refractivity contribution in [2.45, 2.75) is 33.7 Å². The average Bonchev–Trinajstić information content (AvgIpc) is 2.95. The topological polar surface area (TPSA) is 65.7 Å². The first-order chi connectivity index (χ1) is 10.5. The minimum Gasteiger partial charge on any atom is -0.342 e. The van der Waals surface area contributed by atoms with Crippen LogP contribution in [-0.2, 0) is 4.79 Å². The largest absolute Gasteiger partial charge is 0.342 e. The SMILES string of the molecule is CCN(CC)C(=O)CN1CCN(C(C)c2nc(C)no2)CC1. The molecule has 7 heteroatoms. The molecule has 1 unspecified atom stereocenters. The highest BCUT2D eigenvalue weighted by Gasteiger charge is 2.26. The third kappa shape index (κ3) is 4.04. The number of aryl methyl sites for hydroxylation is 1. The summed E-state index contributed by atoms with van der Waals surface area (Å²) in [7, 11) is 0. The van der Waals surface area contributed by atoms with Crippen molar-refractivity contribution in [2.75, 3.05) is 45.8 Å². The third-order valence-corrected chi connectivity index (χ3v) is 4.33. The van der Waals surface area contributed by atoms with E-state index in [1.807, 2.05) is 25.7 Å². The lowest BCUT2D eigenvalue weighted by Crippen LogP contribution is -2.50. The number of hydrogen-bond donors (Lipinski definition) is 0. The fraction of sp³-hybridized carbons (Fsp3) is 0.800. The maximum atomic E-state index is 12.2. The maximum absolute atomic E-state index is 12.2. The van der Waals surface area contributed by atoms with Crippen LogP contribution in [0.15, 0.2) is 4.52 Å². The molecule has 1 aliphatic heterocycles. The van der Waals surface area contributed by atoms with E-state index in [1.165, 1.54) is 0 Å². The summed E-state index contributed by atoms with van der Waals surface area (Å²) in [6, 6.07) is 0.127. The molecule has 2 heterocycles. The molecular formula is C15H27N5O2. The Morgan fingerprint density at radius 1 is 1.27 bits per heavy atom. The van der Waals surface area contributed by atoms with Crippen LogP contribution in [0.1, 0.15) is 38.5 Å². The lowest BCUT2D eigenvalue weighted by atomic mass is 10.2. The van der Waals surface area contributed by atoms with Gasteiger partial charge in [-0.2, -0.15) is 4.98 Å². The predicted molar refractivity (Wildman–Crippen MR) is 83.4 cm³/mol. The molecule has 0 aromatic carbocycles. The van der Waals surface area contributed by atoms with Gasteiger partial charge in [0.1, 0.15) is 0 Å². The Morgan fingerprint density at radius 2 is 1.91 bits per heavy atom. The summed E-state index contributed by atoms with van der Waals surface area (Å²) >= 11 is 0. The van der Waals surface area contributed by atoms with E-state index >= 15 is 0 Å². The standard InChI is InChI=1S/C15H27N5O2/c1-5-19(6-2)14(21)11-18-7-9-20(10-8-18)12(3)15-16-13(4)17-22-15/h12H,5-11H2,1-4H3. The fourth-order valence-corrected chi connectivity index (χ4v) is 2.82. The van der Waals surface area contributed by atoms with Gasteiger partial charge in [0.25, 0.3) is 0 Å². The van der Waals surface area contributed by atoms with Crippen LogP contribution in [0.5, 0.6) is 0 Å². The molecule has 0 radical (unpaired) electrons. The Kier molecular flexibility index (Phi) is 5.90. The van der Waals surface area contributed by atoms with Crippen molar-refractivity contribution in [1.29, 1.82) is 0 Å². The molecule has 1 atom stereocenters. The van der Waals surface area contributed by atoms with Crippen molar-refractivity contribution in [3.05, 3.63) is 11.7 Å².